The van der Waals surface area contributed by atoms with E-state index in [0.29, 0.717) is 28.3 Å². The summed E-state index contributed by atoms with van der Waals surface area (Å²) in [5, 5.41) is 9.61. The van der Waals surface area contributed by atoms with Crippen molar-refractivity contribution in [2.24, 2.45) is 0 Å². The lowest BCUT2D eigenvalue weighted by Gasteiger charge is -2.28. The largest absolute Gasteiger partial charge is 0.326 e. The summed E-state index contributed by atoms with van der Waals surface area (Å²) in [6.07, 6.45) is 0.374. The third-order valence-electron chi connectivity index (χ3n) is 5.81. The molecule has 1 fully saturated rings. The van der Waals surface area contributed by atoms with E-state index in [1.165, 1.54) is 4.90 Å². The third-order valence-corrected chi connectivity index (χ3v) is 6.05. The molecule has 34 heavy (non-hydrogen) atoms. The van der Waals surface area contributed by atoms with Gasteiger partial charge in [0.25, 0.3) is 11.8 Å². The molecule has 4 rings (SSSR count). The van der Waals surface area contributed by atoms with E-state index in [0.717, 1.165) is 16.0 Å². The van der Waals surface area contributed by atoms with Gasteiger partial charge in [0.05, 0.1) is 23.7 Å². The van der Waals surface area contributed by atoms with Gasteiger partial charge in [-0.3, -0.25) is 14.4 Å². The second-order valence-electron chi connectivity index (χ2n) is 8.19. The van der Waals surface area contributed by atoms with Crippen molar-refractivity contribution in [2.45, 2.75) is 25.8 Å². The summed E-state index contributed by atoms with van der Waals surface area (Å²) < 4.78 is 0. The van der Waals surface area contributed by atoms with E-state index in [1.54, 1.807) is 48.5 Å². The van der Waals surface area contributed by atoms with Crippen LogP contribution in [0.4, 0.5) is 5.69 Å². The van der Waals surface area contributed by atoms with Crippen molar-refractivity contribution >= 4 is 35.0 Å². The maximum atomic E-state index is 13.5. The van der Waals surface area contributed by atoms with Crippen LogP contribution in [0.2, 0.25) is 5.02 Å². The van der Waals surface area contributed by atoms with Gasteiger partial charge in [-0.25, -0.2) is 4.90 Å². The lowest BCUT2D eigenvalue weighted by Crippen LogP contribution is -2.46. The molecule has 3 amide bonds. The maximum absolute atomic E-state index is 13.5. The van der Waals surface area contributed by atoms with Gasteiger partial charge in [0, 0.05) is 17.1 Å². The molecule has 1 heterocycles. The molecule has 0 radical (unpaired) electrons. The fourth-order valence-electron chi connectivity index (χ4n) is 4.10. The number of aryl methyl sites for hydroxylation is 1. The van der Waals surface area contributed by atoms with Crippen molar-refractivity contribution < 1.29 is 14.4 Å². The quantitative estimate of drug-likeness (QED) is 0.494. The van der Waals surface area contributed by atoms with Gasteiger partial charge >= 0.3 is 0 Å². The third kappa shape index (κ3) is 4.85. The van der Waals surface area contributed by atoms with Crippen LogP contribution < -0.4 is 4.90 Å². The van der Waals surface area contributed by atoms with E-state index in [9.17, 15) is 14.4 Å². The van der Waals surface area contributed by atoms with Crippen molar-refractivity contribution in [1.82, 2.24) is 4.90 Å². The van der Waals surface area contributed by atoms with Gasteiger partial charge < -0.3 is 4.90 Å². The molecule has 1 aliphatic heterocycles. The molecule has 0 spiro atoms. The van der Waals surface area contributed by atoms with Crippen LogP contribution in [0.25, 0.3) is 0 Å². The number of imide groups is 1. The fourth-order valence-corrected chi connectivity index (χ4v) is 4.31. The Kier molecular flexibility index (Phi) is 6.76. The lowest BCUT2D eigenvalue weighted by atomic mass is 10.1. The highest BCUT2D eigenvalue weighted by Gasteiger charge is 2.44. The number of hydrogen-bond acceptors (Lipinski definition) is 4. The Labute approximate surface area is 203 Å². The summed E-state index contributed by atoms with van der Waals surface area (Å²) in [6, 6.07) is 21.8. The highest BCUT2D eigenvalue weighted by atomic mass is 35.5. The summed E-state index contributed by atoms with van der Waals surface area (Å²) in [4.78, 5) is 42.4. The summed E-state index contributed by atoms with van der Waals surface area (Å²) in [7, 11) is 0. The molecule has 0 aliphatic carbocycles. The van der Waals surface area contributed by atoms with E-state index in [-0.39, 0.29) is 24.8 Å². The molecule has 6 nitrogen and oxygen atoms in total. The first-order valence-corrected chi connectivity index (χ1v) is 11.2. The molecule has 7 heteroatoms. The number of benzene rings is 3. The van der Waals surface area contributed by atoms with Gasteiger partial charge in [0.1, 0.15) is 6.04 Å². The molecule has 1 aliphatic rings. The van der Waals surface area contributed by atoms with E-state index < -0.39 is 11.9 Å². The Balaban J connectivity index is 1.64. The maximum Gasteiger partial charge on any atom is 0.257 e. The minimum absolute atomic E-state index is 0.105. The van der Waals surface area contributed by atoms with E-state index in [1.807, 2.05) is 37.3 Å². The molecular formula is C27H22ClN3O3. The zero-order valence-corrected chi connectivity index (χ0v) is 19.3. The Morgan fingerprint density at radius 1 is 1.09 bits per heavy atom. The number of hydrogen-bond donors (Lipinski definition) is 0. The summed E-state index contributed by atoms with van der Waals surface area (Å²) >= 11 is 6.11. The van der Waals surface area contributed by atoms with Gasteiger partial charge in [-0.05, 0) is 67.4 Å². The van der Waals surface area contributed by atoms with E-state index >= 15 is 0 Å². The molecule has 0 N–H and O–H groups in total. The van der Waals surface area contributed by atoms with Gasteiger partial charge in [-0.15, -0.1) is 0 Å². The molecule has 0 saturated carbocycles. The molecule has 1 atom stereocenters. The van der Waals surface area contributed by atoms with Crippen LogP contribution in [0.5, 0.6) is 0 Å². The number of amides is 3. The topological polar surface area (TPSA) is 81.5 Å². The van der Waals surface area contributed by atoms with Gasteiger partial charge in [0.2, 0.25) is 5.91 Å². The molecule has 3 aromatic carbocycles. The molecule has 1 saturated heterocycles. The van der Waals surface area contributed by atoms with Gasteiger partial charge in [-0.2, -0.15) is 5.26 Å². The first kappa shape index (κ1) is 23.2. The second-order valence-corrected chi connectivity index (χ2v) is 8.63. The van der Waals surface area contributed by atoms with Crippen molar-refractivity contribution in [3.05, 3.63) is 100 Å². The number of carbonyl (C=O) groups excluding carboxylic acids is 3. The number of halogens is 1. The highest BCUT2D eigenvalue weighted by Crippen LogP contribution is 2.27. The van der Waals surface area contributed by atoms with Crippen LogP contribution in [0.3, 0.4) is 0 Å². The van der Waals surface area contributed by atoms with Crippen LogP contribution >= 0.6 is 11.6 Å². The van der Waals surface area contributed by atoms with Crippen LogP contribution in [-0.2, 0) is 16.0 Å². The van der Waals surface area contributed by atoms with Crippen molar-refractivity contribution in [2.75, 3.05) is 11.4 Å². The lowest BCUT2D eigenvalue weighted by molar-refractivity contribution is -0.122. The van der Waals surface area contributed by atoms with Gasteiger partial charge in [-0.1, -0.05) is 41.4 Å². The first-order valence-electron chi connectivity index (χ1n) is 10.9. The smallest absolute Gasteiger partial charge is 0.257 e. The monoisotopic (exact) mass is 471 g/mol. The Bertz CT molecular complexity index is 1300. The van der Waals surface area contributed by atoms with E-state index in [2.05, 4.69) is 0 Å². The first-order chi connectivity index (χ1) is 16.4. The Morgan fingerprint density at radius 2 is 1.82 bits per heavy atom. The number of carbonyl (C=O) groups is 3. The van der Waals surface area contributed by atoms with Crippen LogP contribution in [0.15, 0.2) is 72.8 Å². The van der Waals surface area contributed by atoms with Crippen LogP contribution in [-0.4, -0.2) is 35.2 Å². The average molecular weight is 472 g/mol. The molecule has 0 bridgehead atoms. The minimum Gasteiger partial charge on any atom is -0.326 e. The zero-order valence-electron chi connectivity index (χ0n) is 18.6. The molecule has 0 aromatic heterocycles. The molecule has 1 unspecified atom stereocenters. The second kappa shape index (κ2) is 9.90. The SMILES string of the molecule is Cc1cccc(C(=O)N(CCc2cccc(Cl)c2)C2CC(=O)N(c3ccc(C#N)cc3)C2=O)c1. The fraction of sp³-hybridized carbons (Fsp3) is 0.185. The average Bonchev–Trinajstić information content (AvgIpc) is 3.12. The Morgan fingerprint density at radius 3 is 2.50 bits per heavy atom. The van der Waals surface area contributed by atoms with Crippen LogP contribution in [0.1, 0.15) is 33.5 Å². The predicted octanol–water partition coefficient (Wildman–Crippen LogP) is 4.54. The standard InChI is InChI=1S/C27H22ClN3O3/c1-18-4-2-6-21(14-18)26(33)30(13-12-19-5-3-7-22(28)15-19)24-16-25(32)31(27(24)34)23-10-8-20(17-29)9-11-23/h2-11,14-15,24H,12-13,16H2,1H3. The van der Waals surface area contributed by atoms with Crippen molar-refractivity contribution in [1.29, 1.82) is 5.26 Å². The number of nitriles is 1. The molecular weight excluding hydrogens is 450 g/mol. The van der Waals surface area contributed by atoms with E-state index in [4.69, 9.17) is 16.9 Å². The summed E-state index contributed by atoms with van der Waals surface area (Å²) in [5.74, 6) is -1.15. The number of anilines is 1. The highest BCUT2D eigenvalue weighted by molar-refractivity contribution is 6.30. The molecule has 170 valence electrons. The normalized spacial score (nSPS) is 15.3. The predicted molar refractivity (Wildman–Crippen MR) is 129 cm³/mol. The summed E-state index contributed by atoms with van der Waals surface area (Å²) in [6.45, 7) is 2.14. The number of nitrogens with zero attached hydrogens (tertiary/aromatic N) is 3. The van der Waals surface area contributed by atoms with Crippen molar-refractivity contribution in [3.8, 4) is 6.07 Å². The van der Waals surface area contributed by atoms with Crippen molar-refractivity contribution in [3.63, 3.8) is 0 Å². The molecule has 3 aromatic rings. The Hall–Kier alpha value is -3.95. The zero-order chi connectivity index (χ0) is 24.2. The number of rotatable bonds is 6. The van der Waals surface area contributed by atoms with Crippen LogP contribution in [0, 0.1) is 18.3 Å². The summed E-state index contributed by atoms with van der Waals surface area (Å²) in [5.41, 5.74) is 3.12. The minimum atomic E-state index is -0.921. The van der Waals surface area contributed by atoms with Gasteiger partial charge in [0.15, 0.2) is 0 Å².